The van der Waals surface area contributed by atoms with Gasteiger partial charge in [-0.3, -0.25) is 0 Å². The van der Waals surface area contributed by atoms with Gasteiger partial charge in [-0.15, -0.1) is 0 Å². The van der Waals surface area contributed by atoms with Gasteiger partial charge in [-0.25, -0.2) is 0 Å². The van der Waals surface area contributed by atoms with Gasteiger partial charge in [0.2, 0.25) is 13.4 Å². The van der Waals surface area contributed by atoms with E-state index >= 15 is 0 Å². The van der Waals surface area contributed by atoms with Crippen LogP contribution in [0.1, 0.15) is 66.8 Å². The molecule has 328 valence electrons. The van der Waals surface area contributed by atoms with Gasteiger partial charge in [0, 0.05) is 10.9 Å². The number of ether oxygens (including phenoxy) is 1. The van der Waals surface area contributed by atoms with E-state index in [9.17, 15) is 0 Å². The molecule has 67 heavy (non-hydrogen) atoms. The van der Waals surface area contributed by atoms with Crippen molar-refractivity contribution in [3.8, 4) is 44.9 Å². The van der Waals surface area contributed by atoms with Crippen LogP contribution in [0.4, 0.5) is 0 Å². The second-order valence-corrected chi connectivity index (χ2v) is 20.0. The highest BCUT2D eigenvalue weighted by atomic mass is 16.5. The Morgan fingerprint density at radius 3 is 1.07 bits per heavy atom. The number of fused-ring (bicyclic) bond motifs is 2. The monoisotopic (exact) mass is 866 g/mol. The Kier molecular flexibility index (Phi) is 11.2. The van der Waals surface area contributed by atoms with Crippen LogP contribution in [-0.2, 0) is 0 Å². The summed E-state index contributed by atoms with van der Waals surface area (Å²) in [7, 11) is 0. The molecule has 0 saturated heterocycles. The van der Waals surface area contributed by atoms with Crippen LogP contribution in [-0.4, -0.2) is 13.4 Å². The Bertz CT molecular complexity index is 3240. The van der Waals surface area contributed by atoms with Crippen molar-refractivity contribution in [1.82, 2.24) is 0 Å². The number of hydrogen-bond donors (Lipinski definition) is 0. The molecule has 0 amide bonds. The highest BCUT2D eigenvalue weighted by Gasteiger charge is 2.31. The Balaban J connectivity index is 0.995. The van der Waals surface area contributed by atoms with Gasteiger partial charge in [0.15, 0.2) is 0 Å². The molecule has 0 spiro atoms. The molecule has 0 unspecified atom stereocenters. The summed E-state index contributed by atoms with van der Waals surface area (Å²) in [6.07, 6.45) is 0. The maximum atomic E-state index is 6.86. The molecule has 0 bridgehead atoms. The molecule has 0 fully saturated rings. The Labute approximate surface area is 400 Å². The van der Waals surface area contributed by atoms with Crippen LogP contribution >= 0.6 is 0 Å². The van der Waals surface area contributed by atoms with Crippen LogP contribution in [0.25, 0.3) is 44.2 Å². The molecule has 1 aliphatic rings. The predicted octanol–water partition coefficient (Wildman–Crippen LogP) is 12.7. The van der Waals surface area contributed by atoms with Crippen LogP contribution in [0.3, 0.4) is 0 Å². The van der Waals surface area contributed by atoms with E-state index < -0.39 is 0 Å². The molecular formula is C64H60B2O. The minimum atomic E-state index is 0.135. The van der Waals surface area contributed by atoms with Crippen molar-refractivity contribution in [2.45, 2.75) is 83.1 Å². The van der Waals surface area contributed by atoms with Crippen LogP contribution in [0, 0.1) is 83.1 Å². The summed E-state index contributed by atoms with van der Waals surface area (Å²) < 4.78 is 6.86. The van der Waals surface area contributed by atoms with E-state index in [1.807, 2.05) is 0 Å². The fourth-order valence-electron chi connectivity index (χ4n) is 12.3. The number of rotatable bonds is 8. The predicted molar refractivity (Wildman–Crippen MR) is 292 cm³/mol. The molecule has 9 aromatic rings. The number of hydrogen-bond acceptors (Lipinski definition) is 1. The minimum absolute atomic E-state index is 0.135. The first kappa shape index (κ1) is 44.0. The van der Waals surface area contributed by atoms with E-state index in [2.05, 4.69) is 229 Å². The van der Waals surface area contributed by atoms with Crippen molar-refractivity contribution in [3.63, 3.8) is 0 Å². The maximum absolute atomic E-state index is 6.86. The molecule has 0 atom stereocenters. The van der Waals surface area contributed by atoms with Gasteiger partial charge in [0.1, 0.15) is 11.5 Å². The summed E-state index contributed by atoms with van der Waals surface area (Å²) >= 11 is 0. The van der Waals surface area contributed by atoms with Gasteiger partial charge >= 0.3 is 0 Å². The van der Waals surface area contributed by atoms with Crippen molar-refractivity contribution in [3.05, 3.63) is 212 Å². The van der Waals surface area contributed by atoms with E-state index in [0.717, 1.165) is 28.0 Å². The van der Waals surface area contributed by atoms with Crippen molar-refractivity contribution < 1.29 is 4.74 Å². The Morgan fingerprint density at radius 1 is 0.299 bits per heavy atom. The first-order valence-electron chi connectivity index (χ1n) is 24.0. The zero-order valence-electron chi connectivity index (χ0n) is 41.4. The summed E-state index contributed by atoms with van der Waals surface area (Å²) in [4.78, 5) is 0. The maximum Gasteiger partial charge on any atom is 0.242 e. The quantitative estimate of drug-likeness (QED) is 0.138. The standard InChI is InChI=1S/C64H60B2O/c1-37-28-41(5)61(42(6)29-37)65(62-43(7)30-38(2)31-44(62)8)52-21-16-49(17-22-52)51-20-25-55-57-27-26-54(56-14-13-15-58(60(56)57)67-59(55)36-51)50-18-23-53(24-19-50)66(63-45(9)32-39(3)33-46(63)10)64-47(11)34-40(4)35-48(64)12/h13-36H,1-12H3. The summed E-state index contributed by atoms with van der Waals surface area (Å²) in [5.74, 6) is 1.79. The zero-order chi connectivity index (χ0) is 47.0. The fraction of sp³-hybridized carbons (Fsp3) is 0.188. The molecule has 10 rings (SSSR count). The summed E-state index contributed by atoms with van der Waals surface area (Å²) in [5.41, 5.74) is 31.3. The molecule has 0 aliphatic carbocycles. The van der Waals surface area contributed by atoms with Crippen molar-refractivity contribution in [2.24, 2.45) is 0 Å². The molecule has 9 aromatic carbocycles. The van der Waals surface area contributed by atoms with E-state index in [4.69, 9.17) is 4.74 Å². The van der Waals surface area contributed by atoms with Gasteiger partial charge in [0.05, 0.1) is 0 Å². The average molecular weight is 867 g/mol. The van der Waals surface area contributed by atoms with Gasteiger partial charge in [-0.1, -0.05) is 227 Å². The first-order chi connectivity index (χ1) is 32.1. The smallest absolute Gasteiger partial charge is 0.242 e. The van der Waals surface area contributed by atoms with Crippen LogP contribution in [0.5, 0.6) is 11.5 Å². The van der Waals surface area contributed by atoms with Crippen LogP contribution in [0.15, 0.2) is 146 Å². The molecule has 0 aromatic heterocycles. The average Bonchev–Trinajstić information content (AvgIpc) is 3.27. The largest absolute Gasteiger partial charge is 0.456 e. The third-order valence-electron chi connectivity index (χ3n) is 14.7. The second-order valence-electron chi connectivity index (χ2n) is 20.0. The first-order valence-corrected chi connectivity index (χ1v) is 24.0. The van der Waals surface area contributed by atoms with E-state index in [1.165, 1.54) is 127 Å². The third kappa shape index (κ3) is 7.83. The van der Waals surface area contributed by atoms with E-state index in [-0.39, 0.29) is 13.4 Å². The van der Waals surface area contributed by atoms with Crippen molar-refractivity contribution in [2.75, 3.05) is 0 Å². The van der Waals surface area contributed by atoms with Gasteiger partial charge in [-0.2, -0.15) is 0 Å². The van der Waals surface area contributed by atoms with Crippen molar-refractivity contribution >= 4 is 57.0 Å². The molecule has 0 radical (unpaired) electrons. The summed E-state index contributed by atoms with van der Waals surface area (Å²) in [6, 6.07) is 55.2. The molecule has 3 heteroatoms. The SMILES string of the molecule is Cc1cc(C)c(B(c2ccc(-c3ccc4c(c3)Oc3cccc5c(-c6ccc(B(c7c(C)cc(C)cc7C)c7c(C)cc(C)cc7C)cc6)ccc-4c35)cc2)c2c(C)cc(C)cc2C)c(C)c1. The van der Waals surface area contributed by atoms with Crippen LogP contribution in [0.2, 0.25) is 0 Å². The molecule has 1 nitrogen and oxygen atoms in total. The lowest BCUT2D eigenvalue weighted by Crippen LogP contribution is -2.55. The zero-order valence-corrected chi connectivity index (χ0v) is 41.4. The lowest BCUT2D eigenvalue weighted by Gasteiger charge is -2.25. The number of benzene rings is 9. The van der Waals surface area contributed by atoms with Gasteiger partial charge in [-0.05, 0) is 134 Å². The molecule has 1 heterocycles. The highest BCUT2D eigenvalue weighted by Crippen LogP contribution is 2.49. The second kappa shape index (κ2) is 17.1. The summed E-state index contributed by atoms with van der Waals surface area (Å²) in [5, 5.41) is 2.37. The van der Waals surface area contributed by atoms with Crippen LogP contribution < -0.4 is 37.5 Å². The van der Waals surface area contributed by atoms with E-state index in [0.29, 0.717) is 0 Å². The van der Waals surface area contributed by atoms with Gasteiger partial charge in [0.25, 0.3) is 0 Å². The van der Waals surface area contributed by atoms with E-state index in [1.54, 1.807) is 0 Å². The van der Waals surface area contributed by atoms with Crippen molar-refractivity contribution in [1.29, 1.82) is 0 Å². The molecular weight excluding hydrogens is 806 g/mol. The highest BCUT2D eigenvalue weighted by molar-refractivity contribution is 6.97. The lowest BCUT2D eigenvalue weighted by atomic mass is 9.34. The fourth-order valence-corrected chi connectivity index (χ4v) is 12.3. The Hall–Kier alpha value is -6.83. The lowest BCUT2D eigenvalue weighted by molar-refractivity contribution is 0.487. The normalized spacial score (nSPS) is 11.7. The number of aryl methyl sites for hydroxylation is 12. The molecule has 1 aliphatic heterocycles. The molecule has 0 N–H and O–H groups in total. The third-order valence-corrected chi connectivity index (χ3v) is 14.7. The minimum Gasteiger partial charge on any atom is -0.456 e. The molecule has 0 saturated carbocycles. The Morgan fingerprint density at radius 2 is 0.657 bits per heavy atom. The van der Waals surface area contributed by atoms with Gasteiger partial charge < -0.3 is 4.74 Å². The topological polar surface area (TPSA) is 9.23 Å². The summed E-state index contributed by atoms with van der Waals surface area (Å²) in [6.45, 7) is 27.3.